The normalized spacial score (nSPS) is 51.2. The summed E-state index contributed by atoms with van der Waals surface area (Å²) < 4.78 is 5.23. The van der Waals surface area contributed by atoms with Crippen molar-refractivity contribution in [1.29, 1.82) is 0 Å². The molecule has 6 heteroatoms. The maximum absolute atomic E-state index is 12.8. The number of aliphatic hydroxyl groups is 3. The Balaban J connectivity index is 1.45. The third-order valence-electron chi connectivity index (χ3n) is 12.3. The molecular weight excluding hydrogens is 444 g/mol. The number of methoxy groups -OCH3 is 1. The molecule has 0 heterocycles. The van der Waals surface area contributed by atoms with Gasteiger partial charge in [-0.2, -0.15) is 0 Å². The van der Waals surface area contributed by atoms with Crippen molar-refractivity contribution in [3.63, 3.8) is 0 Å². The molecule has 3 N–H and O–H groups in total. The van der Waals surface area contributed by atoms with Crippen LogP contribution < -0.4 is 0 Å². The monoisotopic (exact) mass is 482 g/mol. The number of ether oxygens (including phenoxy) is 1. The minimum Gasteiger partial charge on any atom is -0.469 e. The third kappa shape index (κ3) is 2.26. The summed E-state index contributed by atoms with van der Waals surface area (Å²) in [6.07, 6.45) is 10.2. The highest BCUT2D eigenvalue weighted by molar-refractivity contribution is 6.03. The molecule has 1 spiro atoms. The van der Waals surface area contributed by atoms with Crippen LogP contribution in [0.2, 0.25) is 0 Å². The maximum Gasteiger partial charge on any atom is 0.311 e. The van der Waals surface area contributed by atoms with Crippen molar-refractivity contribution in [3.8, 4) is 0 Å². The zero-order chi connectivity index (χ0) is 25.6. The number of carbonyl (C=O) groups excluding carboxylic acids is 2. The second kappa shape index (κ2) is 6.20. The fraction of sp³-hybridized carbons (Fsp3) is 0.724. The van der Waals surface area contributed by atoms with E-state index in [0.29, 0.717) is 11.5 Å². The molecule has 7 atom stereocenters. The van der Waals surface area contributed by atoms with E-state index in [-0.39, 0.29) is 27.6 Å². The first-order valence-electron chi connectivity index (χ1n) is 13.1. The summed E-state index contributed by atoms with van der Waals surface area (Å²) in [6, 6.07) is 0. The molecule has 35 heavy (non-hydrogen) atoms. The topological polar surface area (TPSA) is 104 Å². The Kier molecular flexibility index (Phi) is 4.19. The maximum atomic E-state index is 12.8. The summed E-state index contributed by atoms with van der Waals surface area (Å²) in [5.41, 5.74) is 0.746. The molecule has 0 unspecified atom stereocenters. The molecule has 0 radical (unpaired) electrons. The van der Waals surface area contributed by atoms with Crippen LogP contribution in [0.25, 0.3) is 0 Å². The summed E-state index contributed by atoms with van der Waals surface area (Å²) in [6.45, 7) is 10.6. The van der Waals surface area contributed by atoms with E-state index in [9.17, 15) is 24.9 Å². The van der Waals surface area contributed by atoms with E-state index in [1.165, 1.54) is 25.7 Å². The number of rotatable bonds is 1. The van der Waals surface area contributed by atoms with Crippen LogP contribution in [0, 0.1) is 33.0 Å². The summed E-state index contributed by atoms with van der Waals surface area (Å²) in [7, 11) is 1.49. The zero-order valence-corrected chi connectivity index (χ0v) is 21.7. The first kappa shape index (κ1) is 23.6. The van der Waals surface area contributed by atoms with Gasteiger partial charge in [0, 0.05) is 5.41 Å². The SMILES string of the molecule is COC(=O)[C@]1(C)CC[C@]2(C)CC[C@]3(C)C4=CC5=C6C(=CC(=O)C(O)(O)[C@]6(C)O)[C@]45CC[C@@]3(C)[C@@H]2C1. The van der Waals surface area contributed by atoms with Crippen molar-refractivity contribution >= 4 is 11.8 Å². The van der Waals surface area contributed by atoms with Gasteiger partial charge in [-0.3, -0.25) is 9.59 Å². The minimum atomic E-state index is -2.82. The van der Waals surface area contributed by atoms with Gasteiger partial charge in [-0.1, -0.05) is 26.8 Å². The molecule has 0 saturated heterocycles. The predicted octanol–water partition coefficient (Wildman–Crippen LogP) is 3.75. The molecule has 6 aliphatic rings. The van der Waals surface area contributed by atoms with Crippen LogP contribution in [0.4, 0.5) is 0 Å². The molecule has 3 fully saturated rings. The second-order valence-electron chi connectivity index (χ2n) is 13.6. The molecule has 0 amide bonds. The fourth-order valence-electron chi connectivity index (χ4n) is 9.54. The summed E-state index contributed by atoms with van der Waals surface area (Å²) in [5, 5.41) is 31.8. The number of esters is 1. The van der Waals surface area contributed by atoms with Crippen molar-refractivity contribution in [1.82, 2.24) is 0 Å². The van der Waals surface area contributed by atoms with Gasteiger partial charge in [-0.05, 0) is 109 Å². The first-order valence-corrected chi connectivity index (χ1v) is 13.1. The van der Waals surface area contributed by atoms with Crippen LogP contribution >= 0.6 is 0 Å². The van der Waals surface area contributed by atoms with Gasteiger partial charge < -0.3 is 20.1 Å². The Morgan fingerprint density at radius 1 is 0.943 bits per heavy atom. The van der Waals surface area contributed by atoms with Crippen LogP contribution in [-0.2, 0) is 14.3 Å². The third-order valence-corrected chi connectivity index (χ3v) is 12.3. The summed E-state index contributed by atoms with van der Waals surface area (Å²) in [4.78, 5) is 25.5. The molecule has 6 rings (SSSR count). The van der Waals surface area contributed by atoms with Crippen LogP contribution in [0.5, 0.6) is 0 Å². The van der Waals surface area contributed by atoms with Gasteiger partial charge >= 0.3 is 5.97 Å². The largest absolute Gasteiger partial charge is 0.469 e. The summed E-state index contributed by atoms with van der Waals surface area (Å²) >= 11 is 0. The van der Waals surface area contributed by atoms with Crippen molar-refractivity contribution in [3.05, 3.63) is 34.4 Å². The molecule has 0 aliphatic heterocycles. The lowest BCUT2D eigenvalue weighted by Crippen LogP contribution is -2.70. The molecule has 0 aromatic rings. The number of fused-ring (bicyclic) bond motifs is 5. The molecule has 190 valence electrons. The predicted molar refractivity (Wildman–Crippen MR) is 129 cm³/mol. The van der Waals surface area contributed by atoms with E-state index in [1.807, 2.05) is 0 Å². The molecule has 0 aromatic carbocycles. The highest BCUT2D eigenvalue weighted by atomic mass is 16.5. The van der Waals surface area contributed by atoms with Crippen molar-refractivity contribution in [2.45, 2.75) is 91.0 Å². The molecule has 3 saturated carbocycles. The average Bonchev–Trinajstić information content (AvgIpc) is 2.78. The number of hydrogen-bond donors (Lipinski definition) is 3. The Hall–Kier alpha value is -1.76. The Labute approximate surface area is 207 Å². The highest BCUT2D eigenvalue weighted by Crippen LogP contribution is 2.82. The lowest BCUT2D eigenvalue weighted by Gasteiger charge is -2.74. The molecular formula is C29H38O6. The van der Waals surface area contributed by atoms with Gasteiger partial charge in [0.15, 0.2) is 0 Å². The van der Waals surface area contributed by atoms with Crippen molar-refractivity contribution in [2.24, 2.45) is 33.0 Å². The Bertz CT molecular complexity index is 1190. The van der Waals surface area contributed by atoms with Gasteiger partial charge in [0.2, 0.25) is 5.78 Å². The average molecular weight is 483 g/mol. The molecule has 6 nitrogen and oxygen atoms in total. The fourth-order valence-corrected chi connectivity index (χ4v) is 9.54. The molecule has 6 aliphatic carbocycles. The van der Waals surface area contributed by atoms with Crippen LogP contribution in [0.1, 0.15) is 79.6 Å². The lowest BCUT2D eigenvalue weighted by atomic mass is 9.29. The van der Waals surface area contributed by atoms with Gasteiger partial charge in [0.05, 0.1) is 12.5 Å². The number of hydrogen-bond acceptors (Lipinski definition) is 6. The first-order chi connectivity index (χ1) is 16.1. The Morgan fingerprint density at radius 3 is 2.26 bits per heavy atom. The van der Waals surface area contributed by atoms with E-state index in [4.69, 9.17) is 4.74 Å². The van der Waals surface area contributed by atoms with Crippen LogP contribution in [-0.4, -0.2) is 45.6 Å². The van der Waals surface area contributed by atoms with Gasteiger partial charge in [-0.25, -0.2) is 0 Å². The second-order valence-corrected chi connectivity index (χ2v) is 13.6. The van der Waals surface area contributed by atoms with Gasteiger partial charge in [0.25, 0.3) is 5.79 Å². The lowest BCUT2D eigenvalue weighted by molar-refractivity contribution is -0.242. The number of carbonyl (C=O) groups is 2. The summed E-state index contributed by atoms with van der Waals surface area (Å²) in [5.74, 6) is -3.41. The smallest absolute Gasteiger partial charge is 0.311 e. The van der Waals surface area contributed by atoms with E-state index in [2.05, 4.69) is 33.8 Å². The number of allylic oxidation sites excluding steroid dienone is 3. The van der Waals surface area contributed by atoms with E-state index < -0.39 is 22.6 Å². The standard InChI is InChI=1S/C29H38O6/c1-23-7-8-24(2,22(31)35-6)15-19(23)26(4)11-12-28-16(13-18(28)25(26,3)10-9-23)21-17(28)14-20(30)29(33,34)27(21,5)32/h13-14,19,32-34H,7-12,15H2,1-6H3/t19-,23-,24-,25-,26+,27-,28-/m1/s1. The quantitative estimate of drug-likeness (QED) is 0.388. The van der Waals surface area contributed by atoms with E-state index >= 15 is 0 Å². The highest BCUT2D eigenvalue weighted by Gasteiger charge is 2.75. The molecule has 0 aromatic heterocycles. The Morgan fingerprint density at radius 2 is 1.60 bits per heavy atom. The number of ketones is 1. The van der Waals surface area contributed by atoms with Crippen LogP contribution in [0.15, 0.2) is 34.4 Å². The van der Waals surface area contributed by atoms with Gasteiger partial charge in [0.1, 0.15) is 5.60 Å². The van der Waals surface area contributed by atoms with Crippen molar-refractivity contribution in [2.75, 3.05) is 7.11 Å². The molecule has 0 bridgehead atoms. The van der Waals surface area contributed by atoms with Gasteiger partial charge in [-0.15, -0.1) is 0 Å². The minimum absolute atomic E-state index is 0.0203. The van der Waals surface area contributed by atoms with Crippen molar-refractivity contribution < 1.29 is 29.6 Å². The van der Waals surface area contributed by atoms with E-state index in [1.54, 1.807) is 0 Å². The van der Waals surface area contributed by atoms with Crippen LogP contribution in [0.3, 0.4) is 0 Å². The zero-order valence-electron chi connectivity index (χ0n) is 21.7. The van der Waals surface area contributed by atoms with E-state index in [0.717, 1.165) is 56.1 Å².